The highest BCUT2D eigenvalue weighted by molar-refractivity contribution is 7.93. The third kappa shape index (κ3) is 2.99. The van der Waals surface area contributed by atoms with Crippen molar-refractivity contribution in [2.24, 2.45) is 0 Å². The standard InChI is InChI=1S/C20H23ClN6O2S/c1-12-11-29-10-9-27(12)19-15(21)16(20(5-6-20)30(2,22)28)25-18(26-19)14-4-8-24-17-13(14)3-7-23-17/h3-4,7-8,12,22H,5-6,9-11H2,1-2H3,(H,23,24)/t12-,30?/m1/s1. The lowest BCUT2D eigenvalue weighted by atomic mass is 10.1. The summed E-state index contributed by atoms with van der Waals surface area (Å²) < 4.78 is 26.0. The van der Waals surface area contributed by atoms with E-state index < -0.39 is 14.5 Å². The molecule has 0 bridgehead atoms. The van der Waals surface area contributed by atoms with Crippen LogP contribution in [-0.2, 0) is 19.2 Å². The zero-order valence-corrected chi connectivity index (χ0v) is 18.4. The van der Waals surface area contributed by atoms with E-state index >= 15 is 0 Å². The number of hydrogen-bond acceptors (Lipinski definition) is 7. The number of aromatic amines is 1. The van der Waals surface area contributed by atoms with E-state index in [2.05, 4.69) is 21.8 Å². The Bertz CT molecular complexity index is 1240. The molecule has 1 aliphatic heterocycles. The molecule has 1 saturated carbocycles. The fraction of sp³-hybridized carbons (Fsp3) is 0.450. The van der Waals surface area contributed by atoms with Crippen molar-refractivity contribution in [3.05, 3.63) is 35.2 Å². The van der Waals surface area contributed by atoms with E-state index in [4.69, 9.17) is 31.1 Å². The topological polar surface area (TPSA) is 108 Å². The van der Waals surface area contributed by atoms with Crippen molar-refractivity contribution >= 4 is 38.2 Å². The average molecular weight is 447 g/mol. The molecule has 0 radical (unpaired) electrons. The molecule has 2 fully saturated rings. The molecule has 2 atom stereocenters. The molecule has 3 aromatic heterocycles. The highest BCUT2D eigenvalue weighted by Crippen LogP contribution is 2.55. The van der Waals surface area contributed by atoms with E-state index in [1.165, 1.54) is 6.26 Å². The Kier molecular flexibility index (Phi) is 4.53. The van der Waals surface area contributed by atoms with Crippen LogP contribution in [0.5, 0.6) is 0 Å². The minimum Gasteiger partial charge on any atom is -0.377 e. The Hall–Kier alpha value is -2.23. The molecule has 3 aromatic rings. The molecule has 30 heavy (non-hydrogen) atoms. The average Bonchev–Trinajstić information content (AvgIpc) is 3.39. The lowest BCUT2D eigenvalue weighted by Gasteiger charge is -2.35. The van der Waals surface area contributed by atoms with E-state index in [1.807, 2.05) is 18.3 Å². The summed E-state index contributed by atoms with van der Waals surface area (Å²) >= 11 is 6.86. The van der Waals surface area contributed by atoms with Gasteiger partial charge < -0.3 is 14.6 Å². The quantitative estimate of drug-likeness (QED) is 0.634. The molecule has 158 valence electrons. The number of H-pyrrole nitrogens is 1. The fourth-order valence-electron chi connectivity index (χ4n) is 4.17. The predicted octanol–water partition coefficient (Wildman–Crippen LogP) is 3.56. The number of pyridine rings is 1. The van der Waals surface area contributed by atoms with Gasteiger partial charge >= 0.3 is 0 Å². The zero-order chi connectivity index (χ0) is 21.1. The summed E-state index contributed by atoms with van der Waals surface area (Å²) in [6.45, 7) is 3.88. The van der Waals surface area contributed by atoms with Crippen molar-refractivity contribution in [1.29, 1.82) is 4.78 Å². The first-order chi connectivity index (χ1) is 14.3. The summed E-state index contributed by atoms with van der Waals surface area (Å²) in [4.78, 5) is 19.3. The molecule has 0 spiro atoms. The van der Waals surface area contributed by atoms with Crippen LogP contribution in [0.3, 0.4) is 0 Å². The Morgan fingerprint density at radius 3 is 2.87 bits per heavy atom. The molecular weight excluding hydrogens is 424 g/mol. The molecule has 1 aliphatic carbocycles. The summed E-state index contributed by atoms with van der Waals surface area (Å²) in [6, 6.07) is 3.90. The van der Waals surface area contributed by atoms with Crippen LogP contribution >= 0.6 is 11.6 Å². The maximum absolute atomic E-state index is 12.9. The number of halogens is 1. The van der Waals surface area contributed by atoms with Crippen molar-refractivity contribution in [3.63, 3.8) is 0 Å². The maximum Gasteiger partial charge on any atom is 0.162 e. The Labute approximate surface area is 180 Å². The second-order valence-corrected chi connectivity index (χ2v) is 10.9. The van der Waals surface area contributed by atoms with Crippen LogP contribution in [0.4, 0.5) is 5.82 Å². The predicted molar refractivity (Wildman–Crippen MR) is 117 cm³/mol. The summed E-state index contributed by atoms with van der Waals surface area (Å²) in [5.74, 6) is 1.12. The van der Waals surface area contributed by atoms with Crippen molar-refractivity contribution in [1.82, 2.24) is 19.9 Å². The van der Waals surface area contributed by atoms with Gasteiger partial charge in [-0.25, -0.2) is 19.2 Å². The maximum atomic E-state index is 12.9. The number of ether oxygens (including phenoxy) is 1. The molecule has 2 aliphatic rings. The summed E-state index contributed by atoms with van der Waals surface area (Å²) in [5.41, 5.74) is 2.09. The van der Waals surface area contributed by atoms with E-state index in [-0.39, 0.29) is 6.04 Å². The van der Waals surface area contributed by atoms with Gasteiger partial charge in [0.25, 0.3) is 0 Å². The van der Waals surface area contributed by atoms with Gasteiger partial charge in [0.05, 0.1) is 39.4 Å². The Balaban J connectivity index is 1.77. The van der Waals surface area contributed by atoms with Crippen LogP contribution in [0.15, 0.2) is 24.5 Å². The molecule has 2 N–H and O–H groups in total. The summed E-state index contributed by atoms with van der Waals surface area (Å²) in [7, 11) is -2.89. The van der Waals surface area contributed by atoms with E-state index in [0.717, 1.165) is 16.6 Å². The van der Waals surface area contributed by atoms with Gasteiger partial charge in [-0.3, -0.25) is 4.78 Å². The Morgan fingerprint density at radius 1 is 1.37 bits per heavy atom. The molecule has 1 unspecified atom stereocenters. The molecule has 0 amide bonds. The van der Waals surface area contributed by atoms with Gasteiger partial charge in [-0.15, -0.1) is 0 Å². The van der Waals surface area contributed by atoms with E-state index in [9.17, 15) is 4.21 Å². The largest absolute Gasteiger partial charge is 0.377 e. The lowest BCUT2D eigenvalue weighted by Crippen LogP contribution is -2.44. The normalized spacial score (nSPS) is 22.8. The molecule has 1 saturated heterocycles. The van der Waals surface area contributed by atoms with Crippen molar-refractivity contribution in [3.8, 4) is 11.4 Å². The molecule has 5 rings (SSSR count). The fourth-order valence-corrected chi connectivity index (χ4v) is 6.00. The first kappa shape index (κ1) is 19.7. The van der Waals surface area contributed by atoms with Gasteiger partial charge in [-0.2, -0.15) is 0 Å². The third-order valence-electron chi connectivity index (χ3n) is 6.06. The number of nitrogens with zero attached hydrogens (tertiary/aromatic N) is 4. The van der Waals surface area contributed by atoms with Crippen LogP contribution in [0.25, 0.3) is 22.4 Å². The minimum atomic E-state index is -2.89. The van der Waals surface area contributed by atoms with Crippen molar-refractivity contribution in [2.45, 2.75) is 30.6 Å². The smallest absolute Gasteiger partial charge is 0.162 e. The molecular formula is C20H23ClN6O2S. The highest BCUT2D eigenvalue weighted by Gasteiger charge is 2.54. The molecule has 0 aromatic carbocycles. The van der Waals surface area contributed by atoms with Gasteiger partial charge in [-0.1, -0.05) is 11.6 Å². The number of aromatic nitrogens is 4. The van der Waals surface area contributed by atoms with E-state index in [0.29, 0.717) is 55.0 Å². The van der Waals surface area contributed by atoms with Gasteiger partial charge in [0, 0.05) is 36.1 Å². The second-order valence-electron chi connectivity index (χ2n) is 8.09. The minimum absolute atomic E-state index is 0.0914. The van der Waals surface area contributed by atoms with Crippen LogP contribution in [0.1, 0.15) is 25.5 Å². The van der Waals surface area contributed by atoms with Gasteiger partial charge in [0.1, 0.15) is 10.7 Å². The van der Waals surface area contributed by atoms with Crippen LogP contribution in [-0.4, -0.2) is 56.2 Å². The summed E-state index contributed by atoms with van der Waals surface area (Å²) in [5, 5.41) is 1.30. The third-order valence-corrected chi connectivity index (χ3v) is 8.50. The molecule has 10 heteroatoms. The number of anilines is 1. The SMILES string of the molecule is C[C@@H]1COCCN1c1nc(-c2ccnc3[nH]ccc23)nc(C2(S(C)(=N)=O)CC2)c1Cl. The van der Waals surface area contributed by atoms with Crippen molar-refractivity contribution < 1.29 is 8.95 Å². The number of morpholine rings is 1. The monoisotopic (exact) mass is 446 g/mol. The second kappa shape index (κ2) is 6.90. The van der Waals surface area contributed by atoms with Gasteiger partial charge in [0.15, 0.2) is 11.6 Å². The van der Waals surface area contributed by atoms with Crippen LogP contribution in [0, 0.1) is 4.78 Å². The Morgan fingerprint density at radius 2 is 2.17 bits per heavy atom. The summed E-state index contributed by atoms with van der Waals surface area (Å²) in [6.07, 6.45) is 6.29. The van der Waals surface area contributed by atoms with Gasteiger partial charge in [-0.05, 0) is 31.9 Å². The first-order valence-corrected chi connectivity index (χ1v) is 12.2. The number of fused-ring (bicyclic) bond motifs is 1. The van der Waals surface area contributed by atoms with Crippen molar-refractivity contribution in [2.75, 3.05) is 30.9 Å². The van der Waals surface area contributed by atoms with Crippen LogP contribution in [0.2, 0.25) is 5.02 Å². The zero-order valence-electron chi connectivity index (χ0n) is 16.8. The number of nitrogens with one attached hydrogen (secondary N) is 2. The highest BCUT2D eigenvalue weighted by atomic mass is 35.5. The molecule has 8 nitrogen and oxygen atoms in total. The lowest BCUT2D eigenvalue weighted by molar-refractivity contribution is 0.0985. The first-order valence-electron chi connectivity index (χ1n) is 9.90. The van der Waals surface area contributed by atoms with Gasteiger partial charge in [0.2, 0.25) is 0 Å². The number of rotatable bonds is 4. The molecule has 4 heterocycles. The number of hydrogen-bond donors (Lipinski definition) is 2. The van der Waals surface area contributed by atoms with Crippen LogP contribution < -0.4 is 4.90 Å². The van der Waals surface area contributed by atoms with E-state index in [1.54, 1.807) is 6.20 Å².